The van der Waals surface area contributed by atoms with Gasteiger partial charge in [-0.05, 0) is 6.07 Å². The van der Waals surface area contributed by atoms with Crippen LogP contribution in [0.25, 0.3) is 0 Å². The van der Waals surface area contributed by atoms with Crippen molar-refractivity contribution in [3.63, 3.8) is 0 Å². The van der Waals surface area contributed by atoms with Gasteiger partial charge in [0.05, 0.1) is 42.2 Å². The van der Waals surface area contributed by atoms with Crippen molar-refractivity contribution in [3.8, 4) is 5.75 Å². The lowest BCUT2D eigenvalue weighted by Crippen LogP contribution is -2.08. The Labute approximate surface area is 102 Å². The lowest BCUT2D eigenvalue weighted by molar-refractivity contribution is -0.385. The number of carbonyl (C=O) groups is 1. The number of nitrogens with zero attached hydrogens (tertiary/aromatic N) is 1. The number of nitro benzene ring substituents is 1. The zero-order valence-electron chi connectivity index (χ0n) is 9.23. The van der Waals surface area contributed by atoms with Crippen molar-refractivity contribution in [1.29, 1.82) is 0 Å². The molecule has 17 heavy (non-hydrogen) atoms. The minimum atomic E-state index is -0.692. The molecule has 7 heteroatoms. The second-order valence-corrected chi connectivity index (χ2v) is 3.32. The van der Waals surface area contributed by atoms with Gasteiger partial charge in [0.2, 0.25) is 0 Å². The summed E-state index contributed by atoms with van der Waals surface area (Å²) in [5.41, 5.74) is -0.113. The van der Waals surface area contributed by atoms with Crippen molar-refractivity contribution >= 4 is 23.3 Å². The summed E-state index contributed by atoms with van der Waals surface area (Å²) in [5, 5.41) is 10.9. The first-order valence-corrected chi connectivity index (χ1v) is 5.08. The number of hydrogen-bond donors (Lipinski definition) is 0. The highest BCUT2D eigenvalue weighted by atomic mass is 35.5. The van der Waals surface area contributed by atoms with Crippen LogP contribution in [0, 0.1) is 10.1 Å². The highest BCUT2D eigenvalue weighted by molar-refractivity contribution is 6.18. The van der Waals surface area contributed by atoms with Crippen molar-refractivity contribution in [3.05, 3.63) is 33.4 Å². The third-order valence-corrected chi connectivity index (χ3v) is 2.44. The number of rotatable bonds is 4. The number of carbonyl (C=O) groups excluding carboxylic acids is 1. The maximum Gasteiger partial charge on any atom is 0.338 e. The molecule has 0 heterocycles. The SMILES string of the molecule is COC(=O)c1cc(OC)cc([N+](=O)[O-])c1CCl. The quantitative estimate of drug-likeness (QED) is 0.358. The summed E-state index contributed by atoms with van der Waals surface area (Å²) in [4.78, 5) is 21.7. The first-order valence-electron chi connectivity index (χ1n) is 4.54. The molecule has 0 amide bonds. The summed E-state index contributed by atoms with van der Waals surface area (Å²) in [6, 6.07) is 2.57. The molecule has 0 aliphatic heterocycles. The molecule has 0 atom stereocenters. The molecular weight excluding hydrogens is 250 g/mol. The molecule has 1 aromatic rings. The van der Waals surface area contributed by atoms with E-state index in [9.17, 15) is 14.9 Å². The Bertz CT molecular complexity index is 460. The van der Waals surface area contributed by atoms with Crippen LogP contribution in [-0.4, -0.2) is 25.1 Å². The van der Waals surface area contributed by atoms with Gasteiger partial charge in [-0.25, -0.2) is 4.79 Å². The molecule has 0 spiro atoms. The van der Waals surface area contributed by atoms with Crippen molar-refractivity contribution in [1.82, 2.24) is 0 Å². The monoisotopic (exact) mass is 259 g/mol. The summed E-state index contributed by atoms with van der Waals surface area (Å²) in [7, 11) is 2.53. The average molecular weight is 260 g/mol. The normalized spacial score (nSPS) is 9.82. The molecular formula is C10H10ClNO5. The van der Waals surface area contributed by atoms with Crippen molar-refractivity contribution < 1.29 is 19.2 Å². The Kier molecular flexibility index (Phi) is 4.28. The molecule has 0 saturated carbocycles. The van der Waals surface area contributed by atoms with Crippen LogP contribution in [0.2, 0.25) is 0 Å². The molecule has 0 unspecified atom stereocenters. The maximum absolute atomic E-state index is 11.5. The zero-order valence-corrected chi connectivity index (χ0v) is 9.98. The number of esters is 1. The predicted octanol–water partition coefficient (Wildman–Crippen LogP) is 2.13. The molecule has 92 valence electrons. The van der Waals surface area contributed by atoms with Crippen LogP contribution in [0.15, 0.2) is 12.1 Å². The van der Waals surface area contributed by atoms with Gasteiger partial charge in [0.15, 0.2) is 0 Å². The minimum absolute atomic E-state index is 0.0357. The smallest absolute Gasteiger partial charge is 0.338 e. The van der Waals surface area contributed by atoms with Crippen molar-refractivity contribution in [2.75, 3.05) is 14.2 Å². The van der Waals surface area contributed by atoms with E-state index < -0.39 is 10.9 Å². The van der Waals surface area contributed by atoms with E-state index in [1.165, 1.54) is 26.4 Å². The van der Waals surface area contributed by atoms with Gasteiger partial charge >= 0.3 is 5.97 Å². The molecule has 1 aromatic carbocycles. The zero-order chi connectivity index (χ0) is 13.0. The second kappa shape index (κ2) is 5.49. The first kappa shape index (κ1) is 13.2. The van der Waals surface area contributed by atoms with E-state index in [1.807, 2.05) is 0 Å². The number of methoxy groups -OCH3 is 2. The number of nitro groups is 1. The van der Waals surface area contributed by atoms with Crippen LogP contribution in [0.5, 0.6) is 5.75 Å². The summed E-state index contributed by atoms with van der Waals surface area (Å²) in [6.45, 7) is 0. The van der Waals surface area contributed by atoms with E-state index in [0.717, 1.165) is 0 Å². The largest absolute Gasteiger partial charge is 0.496 e. The summed E-state index contributed by atoms with van der Waals surface area (Å²) < 4.78 is 9.42. The molecule has 1 rings (SSSR count). The highest BCUT2D eigenvalue weighted by Gasteiger charge is 2.23. The Morgan fingerprint density at radius 2 is 2.12 bits per heavy atom. The van der Waals surface area contributed by atoms with E-state index in [0.29, 0.717) is 0 Å². The van der Waals surface area contributed by atoms with Gasteiger partial charge < -0.3 is 9.47 Å². The van der Waals surface area contributed by atoms with Gasteiger partial charge in [0.1, 0.15) is 5.75 Å². The maximum atomic E-state index is 11.5. The molecule has 0 bridgehead atoms. The van der Waals surface area contributed by atoms with E-state index in [4.69, 9.17) is 16.3 Å². The lowest BCUT2D eigenvalue weighted by atomic mass is 10.1. The van der Waals surface area contributed by atoms with Gasteiger partial charge in [-0.1, -0.05) is 0 Å². The van der Waals surface area contributed by atoms with Gasteiger partial charge in [-0.2, -0.15) is 0 Å². The third kappa shape index (κ3) is 2.65. The Morgan fingerprint density at radius 1 is 1.47 bits per heavy atom. The van der Waals surface area contributed by atoms with Crippen LogP contribution in [0.4, 0.5) is 5.69 Å². The van der Waals surface area contributed by atoms with Crippen LogP contribution in [0.1, 0.15) is 15.9 Å². The third-order valence-electron chi connectivity index (χ3n) is 2.17. The number of alkyl halides is 1. The minimum Gasteiger partial charge on any atom is -0.496 e. The fourth-order valence-electron chi connectivity index (χ4n) is 1.34. The first-order chi connectivity index (χ1) is 8.04. The van der Waals surface area contributed by atoms with Gasteiger partial charge in [0.25, 0.3) is 5.69 Å². The number of benzene rings is 1. The van der Waals surface area contributed by atoms with Gasteiger partial charge in [0, 0.05) is 0 Å². The molecule has 0 fully saturated rings. The van der Waals surface area contributed by atoms with Crippen LogP contribution in [-0.2, 0) is 10.6 Å². The van der Waals surface area contributed by atoms with Gasteiger partial charge in [-0.3, -0.25) is 10.1 Å². The Hall–Kier alpha value is -1.82. The molecule has 0 aliphatic carbocycles. The molecule has 0 radical (unpaired) electrons. The number of hydrogen-bond acceptors (Lipinski definition) is 5. The molecule has 0 aliphatic rings. The topological polar surface area (TPSA) is 78.7 Å². The lowest BCUT2D eigenvalue weighted by Gasteiger charge is -2.08. The van der Waals surface area contributed by atoms with E-state index in [2.05, 4.69) is 4.74 Å². The van der Waals surface area contributed by atoms with Crippen molar-refractivity contribution in [2.24, 2.45) is 0 Å². The molecule has 0 N–H and O–H groups in total. The summed E-state index contributed by atoms with van der Waals surface area (Å²) >= 11 is 5.62. The summed E-state index contributed by atoms with van der Waals surface area (Å²) in [6.07, 6.45) is 0. The number of ether oxygens (including phenoxy) is 2. The van der Waals surface area contributed by atoms with Gasteiger partial charge in [-0.15, -0.1) is 11.6 Å². The van der Waals surface area contributed by atoms with Crippen molar-refractivity contribution in [2.45, 2.75) is 5.88 Å². The Morgan fingerprint density at radius 3 is 2.53 bits per heavy atom. The second-order valence-electron chi connectivity index (χ2n) is 3.05. The molecule has 0 saturated heterocycles. The van der Waals surface area contributed by atoms with E-state index >= 15 is 0 Å². The predicted molar refractivity (Wildman–Crippen MR) is 60.5 cm³/mol. The highest BCUT2D eigenvalue weighted by Crippen LogP contribution is 2.30. The fraction of sp³-hybridized carbons (Fsp3) is 0.300. The van der Waals surface area contributed by atoms with E-state index in [1.54, 1.807) is 0 Å². The fourth-order valence-corrected chi connectivity index (χ4v) is 1.63. The molecule has 6 nitrogen and oxygen atoms in total. The van der Waals surface area contributed by atoms with Crippen LogP contribution in [0.3, 0.4) is 0 Å². The number of halogens is 1. The Balaban J connectivity index is 3.50. The standard InChI is InChI=1S/C10H10ClNO5/c1-16-6-3-7(10(13)17-2)8(5-11)9(4-6)12(14)15/h3-4H,5H2,1-2H3. The van der Waals surface area contributed by atoms with Crippen LogP contribution < -0.4 is 4.74 Å². The van der Waals surface area contributed by atoms with Crippen LogP contribution >= 0.6 is 11.6 Å². The molecule has 0 aromatic heterocycles. The average Bonchev–Trinajstić information content (AvgIpc) is 2.35. The summed E-state index contributed by atoms with van der Waals surface area (Å²) in [5.74, 6) is -0.654. The van der Waals surface area contributed by atoms with E-state index in [-0.39, 0.29) is 28.4 Å².